The molecule has 0 aliphatic rings. The molecule has 2 aromatic rings. The lowest BCUT2D eigenvalue weighted by molar-refractivity contribution is -0.136. The van der Waals surface area contributed by atoms with E-state index in [1.807, 2.05) is 0 Å². The van der Waals surface area contributed by atoms with Crippen molar-refractivity contribution in [3.05, 3.63) is 59.9 Å². The van der Waals surface area contributed by atoms with E-state index >= 15 is 0 Å². The summed E-state index contributed by atoms with van der Waals surface area (Å²) < 4.78 is 13.5. The number of carboxylic acid groups (broad SMARTS) is 1. The highest BCUT2D eigenvalue weighted by atomic mass is 19.1. The van der Waals surface area contributed by atoms with Crippen LogP contribution in [0, 0.1) is 5.82 Å². The number of benzene rings is 2. The topological polar surface area (TPSA) is 37.3 Å². The van der Waals surface area contributed by atoms with Gasteiger partial charge in [0.2, 0.25) is 0 Å². The van der Waals surface area contributed by atoms with Gasteiger partial charge >= 0.3 is 5.97 Å². The molecular weight excluding hydrogens is 219 g/mol. The number of hydrogen-bond donors (Lipinski definition) is 1. The average Bonchev–Trinajstić information content (AvgIpc) is 2.30. The van der Waals surface area contributed by atoms with Crippen LogP contribution in [0.1, 0.15) is 5.56 Å². The Morgan fingerprint density at radius 1 is 1.06 bits per heavy atom. The molecule has 0 unspecified atom stereocenters. The molecule has 1 N–H and O–H groups in total. The van der Waals surface area contributed by atoms with Crippen molar-refractivity contribution in [3.63, 3.8) is 0 Å². The first kappa shape index (κ1) is 11.3. The van der Waals surface area contributed by atoms with Gasteiger partial charge in [0.05, 0.1) is 6.42 Å². The van der Waals surface area contributed by atoms with Gasteiger partial charge in [-0.15, -0.1) is 0 Å². The first-order valence-corrected chi connectivity index (χ1v) is 5.22. The minimum atomic E-state index is -0.872. The molecule has 0 aliphatic heterocycles. The molecule has 0 fully saturated rings. The third kappa shape index (κ3) is 2.69. The van der Waals surface area contributed by atoms with Crippen molar-refractivity contribution in [3.8, 4) is 11.1 Å². The van der Waals surface area contributed by atoms with Gasteiger partial charge in [0.1, 0.15) is 5.82 Å². The molecule has 2 rings (SSSR count). The Morgan fingerprint density at radius 2 is 1.71 bits per heavy atom. The van der Waals surface area contributed by atoms with Crippen LogP contribution in [0.25, 0.3) is 11.1 Å². The molecule has 0 saturated heterocycles. The Morgan fingerprint density at radius 3 is 2.29 bits per heavy atom. The molecule has 0 amide bonds. The summed E-state index contributed by atoms with van der Waals surface area (Å²) in [6.45, 7) is 0. The summed E-state index contributed by atoms with van der Waals surface area (Å²) in [4.78, 5) is 10.5. The van der Waals surface area contributed by atoms with E-state index in [9.17, 15) is 9.18 Å². The molecule has 2 nitrogen and oxygen atoms in total. The number of rotatable bonds is 3. The van der Waals surface area contributed by atoms with Crippen LogP contribution >= 0.6 is 0 Å². The van der Waals surface area contributed by atoms with E-state index in [1.165, 1.54) is 6.07 Å². The number of hydrogen-bond acceptors (Lipinski definition) is 1. The molecule has 0 spiro atoms. The normalized spacial score (nSPS) is 10.2. The summed E-state index contributed by atoms with van der Waals surface area (Å²) in [5.74, 6) is -1.15. The number of aliphatic carboxylic acids is 1. The maximum Gasteiger partial charge on any atom is 0.307 e. The van der Waals surface area contributed by atoms with Gasteiger partial charge in [-0.1, -0.05) is 42.5 Å². The SMILES string of the molecule is O=C(O)Cc1ccc(-c2ccccc2F)cc1. The number of carbonyl (C=O) groups is 1. The first-order valence-electron chi connectivity index (χ1n) is 5.22. The van der Waals surface area contributed by atoms with E-state index in [2.05, 4.69) is 0 Å². The Kier molecular flexibility index (Phi) is 3.19. The molecule has 86 valence electrons. The highest BCUT2D eigenvalue weighted by molar-refractivity contribution is 5.71. The predicted molar refractivity (Wildman–Crippen MR) is 63.2 cm³/mol. The van der Waals surface area contributed by atoms with E-state index < -0.39 is 5.97 Å². The maximum atomic E-state index is 13.5. The lowest BCUT2D eigenvalue weighted by atomic mass is 10.0. The number of halogens is 1. The highest BCUT2D eigenvalue weighted by Crippen LogP contribution is 2.22. The summed E-state index contributed by atoms with van der Waals surface area (Å²) in [6, 6.07) is 13.4. The molecule has 2 aromatic carbocycles. The van der Waals surface area contributed by atoms with Crippen molar-refractivity contribution in [1.29, 1.82) is 0 Å². The van der Waals surface area contributed by atoms with Crippen LogP contribution in [-0.2, 0) is 11.2 Å². The largest absolute Gasteiger partial charge is 0.481 e. The zero-order valence-electron chi connectivity index (χ0n) is 9.06. The summed E-state index contributed by atoms with van der Waals surface area (Å²) in [5, 5.41) is 8.64. The van der Waals surface area contributed by atoms with Gasteiger partial charge in [-0.2, -0.15) is 0 Å². The second-order valence-electron chi connectivity index (χ2n) is 3.75. The van der Waals surface area contributed by atoms with Gasteiger partial charge in [0.25, 0.3) is 0 Å². The molecule has 3 heteroatoms. The van der Waals surface area contributed by atoms with Crippen LogP contribution < -0.4 is 0 Å². The van der Waals surface area contributed by atoms with Gasteiger partial charge in [-0.05, 0) is 17.2 Å². The third-order valence-electron chi connectivity index (χ3n) is 2.49. The molecular formula is C14H11FO2. The van der Waals surface area contributed by atoms with Crippen molar-refractivity contribution in [1.82, 2.24) is 0 Å². The molecule has 0 atom stereocenters. The fourth-order valence-electron chi connectivity index (χ4n) is 1.67. The molecule has 0 bridgehead atoms. The van der Waals surface area contributed by atoms with Crippen LogP contribution in [-0.4, -0.2) is 11.1 Å². The van der Waals surface area contributed by atoms with Gasteiger partial charge in [0.15, 0.2) is 0 Å². The summed E-state index contributed by atoms with van der Waals surface area (Å²) in [7, 11) is 0. The van der Waals surface area contributed by atoms with E-state index in [1.54, 1.807) is 42.5 Å². The fourth-order valence-corrected chi connectivity index (χ4v) is 1.67. The van der Waals surface area contributed by atoms with Crippen molar-refractivity contribution < 1.29 is 14.3 Å². The smallest absolute Gasteiger partial charge is 0.307 e. The van der Waals surface area contributed by atoms with Crippen LogP contribution in [0.3, 0.4) is 0 Å². The Balaban J connectivity index is 2.30. The Labute approximate surface area is 98.3 Å². The summed E-state index contributed by atoms with van der Waals surface area (Å²) >= 11 is 0. The molecule has 0 aromatic heterocycles. The van der Waals surface area contributed by atoms with Crippen LogP contribution in [0.2, 0.25) is 0 Å². The van der Waals surface area contributed by atoms with E-state index in [4.69, 9.17) is 5.11 Å². The molecule has 0 aliphatic carbocycles. The lowest BCUT2D eigenvalue weighted by Gasteiger charge is -2.04. The van der Waals surface area contributed by atoms with Gasteiger partial charge in [-0.3, -0.25) is 4.79 Å². The maximum absolute atomic E-state index is 13.5. The van der Waals surface area contributed by atoms with E-state index in [0.717, 1.165) is 5.56 Å². The van der Waals surface area contributed by atoms with Gasteiger partial charge < -0.3 is 5.11 Å². The van der Waals surface area contributed by atoms with Crippen LogP contribution in [0.15, 0.2) is 48.5 Å². The second-order valence-corrected chi connectivity index (χ2v) is 3.75. The third-order valence-corrected chi connectivity index (χ3v) is 2.49. The van der Waals surface area contributed by atoms with E-state index in [0.29, 0.717) is 11.1 Å². The zero-order valence-corrected chi connectivity index (χ0v) is 9.06. The molecule has 0 saturated carbocycles. The Bertz CT molecular complexity index is 532. The molecule has 0 radical (unpaired) electrons. The molecule has 17 heavy (non-hydrogen) atoms. The Hall–Kier alpha value is -2.16. The quantitative estimate of drug-likeness (QED) is 0.879. The fraction of sp³-hybridized carbons (Fsp3) is 0.0714. The minimum Gasteiger partial charge on any atom is -0.481 e. The van der Waals surface area contributed by atoms with Gasteiger partial charge in [-0.25, -0.2) is 4.39 Å². The van der Waals surface area contributed by atoms with Crippen molar-refractivity contribution in [2.24, 2.45) is 0 Å². The van der Waals surface area contributed by atoms with Gasteiger partial charge in [0, 0.05) is 5.56 Å². The zero-order chi connectivity index (χ0) is 12.3. The second kappa shape index (κ2) is 4.78. The highest BCUT2D eigenvalue weighted by Gasteiger charge is 2.04. The minimum absolute atomic E-state index is 0.0163. The van der Waals surface area contributed by atoms with Crippen LogP contribution in [0.4, 0.5) is 4.39 Å². The predicted octanol–water partition coefficient (Wildman–Crippen LogP) is 3.12. The lowest BCUT2D eigenvalue weighted by Crippen LogP contribution is -1.99. The van der Waals surface area contributed by atoms with Crippen LogP contribution in [0.5, 0.6) is 0 Å². The summed E-state index contributed by atoms with van der Waals surface area (Å²) in [6.07, 6.45) is -0.0163. The standard InChI is InChI=1S/C14H11FO2/c15-13-4-2-1-3-12(13)11-7-5-10(6-8-11)9-14(16)17/h1-8H,9H2,(H,16,17). The first-order chi connectivity index (χ1) is 8.16. The summed E-state index contributed by atoms with van der Waals surface area (Å²) in [5.41, 5.74) is 1.98. The molecule has 0 heterocycles. The average molecular weight is 230 g/mol. The van der Waals surface area contributed by atoms with Crippen molar-refractivity contribution in [2.45, 2.75) is 6.42 Å². The monoisotopic (exact) mass is 230 g/mol. The van der Waals surface area contributed by atoms with Crippen molar-refractivity contribution >= 4 is 5.97 Å². The number of carboxylic acids is 1. The van der Waals surface area contributed by atoms with Crippen molar-refractivity contribution in [2.75, 3.05) is 0 Å². The van der Waals surface area contributed by atoms with E-state index in [-0.39, 0.29) is 12.2 Å².